The molecule has 112 valence electrons. The molecule has 0 amide bonds. The summed E-state index contributed by atoms with van der Waals surface area (Å²) in [6.07, 6.45) is 9.17. The van der Waals surface area contributed by atoms with Crippen LogP contribution in [-0.4, -0.2) is 23.9 Å². The normalized spacial score (nSPS) is 40.6. The van der Waals surface area contributed by atoms with Crippen molar-refractivity contribution in [2.45, 2.75) is 84.8 Å². The number of hydrogen-bond acceptors (Lipinski definition) is 2. The van der Waals surface area contributed by atoms with Gasteiger partial charge in [-0.25, -0.2) is 0 Å². The SMILES string of the molecule is CC1CCC(CC2(CO)CCC(C(C)(C)C)CC2)O1. The van der Waals surface area contributed by atoms with Gasteiger partial charge in [-0.15, -0.1) is 0 Å². The highest BCUT2D eigenvalue weighted by Crippen LogP contribution is 2.48. The van der Waals surface area contributed by atoms with Gasteiger partial charge in [-0.2, -0.15) is 0 Å². The molecule has 0 bridgehead atoms. The summed E-state index contributed by atoms with van der Waals surface area (Å²) >= 11 is 0. The van der Waals surface area contributed by atoms with Gasteiger partial charge in [-0.05, 0) is 68.6 Å². The summed E-state index contributed by atoms with van der Waals surface area (Å²) in [6, 6.07) is 0. The average Bonchev–Trinajstić information content (AvgIpc) is 2.74. The Morgan fingerprint density at radius 1 is 1.11 bits per heavy atom. The Bertz CT molecular complexity index is 284. The fraction of sp³-hybridized carbons (Fsp3) is 1.00. The highest BCUT2D eigenvalue weighted by Gasteiger charge is 2.40. The van der Waals surface area contributed by atoms with Gasteiger partial charge in [0.05, 0.1) is 12.2 Å². The summed E-state index contributed by atoms with van der Waals surface area (Å²) in [5, 5.41) is 9.90. The maximum Gasteiger partial charge on any atom is 0.0585 e. The van der Waals surface area contributed by atoms with Crippen LogP contribution in [0.3, 0.4) is 0 Å². The first-order chi connectivity index (χ1) is 8.85. The van der Waals surface area contributed by atoms with Crippen LogP contribution in [0, 0.1) is 16.7 Å². The quantitative estimate of drug-likeness (QED) is 0.833. The maximum absolute atomic E-state index is 9.90. The molecule has 1 aliphatic heterocycles. The molecule has 1 heterocycles. The van der Waals surface area contributed by atoms with E-state index in [4.69, 9.17) is 4.74 Å². The highest BCUT2D eigenvalue weighted by molar-refractivity contribution is 4.91. The molecule has 0 aromatic rings. The Balaban J connectivity index is 1.90. The molecule has 0 aromatic heterocycles. The second-order valence-corrected chi connectivity index (χ2v) is 8.15. The Morgan fingerprint density at radius 3 is 2.16 bits per heavy atom. The minimum Gasteiger partial charge on any atom is -0.396 e. The Morgan fingerprint density at radius 2 is 1.74 bits per heavy atom. The lowest BCUT2D eigenvalue weighted by Gasteiger charge is -2.44. The van der Waals surface area contributed by atoms with E-state index < -0.39 is 0 Å². The molecular formula is C17H32O2. The van der Waals surface area contributed by atoms with Crippen molar-refractivity contribution in [2.75, 3.05) is 6.61 Å². The second-order valence-electron chi connectivity index (χ2n) is 8.15. The van der Waals surface area contributed by atoms with Gasteiger partial charge in [-0.3, -0.25) is 0 Å². The third kappa shape index (κ3) is 3.72. The van der Waals surface area contributed by atoms with E-state index in [1.165, 1.54) is 38.5 Å². The summed E-state index contributed by atoms with van der Waals surface area (Å²) < 4.78 is 5.97. The second kappa shape index (κ2) is 5.73. The number of aliphatic hydroxyl groups excluding tert-OH is 1. The molecule has 1 saturated carbocycles. The van der Waals surface area contributed by atoms with Gasteiger partial charge < -0.3 is 9.84 Å². The van der Waals surface area contributed by atoms with Crippen molar-refractivity contribution < 1.29 is 9.84 Å². The molecule has 1 saturated heterocycles. The topological polar surface area (TPSA) is 29.5 Å². The third-order valence-electron chi connectivity index (χ3n) is 5.59. The smallest absolute Gasteiger partial charge is 0.0585 e. The zero-order chi connectivity index (χ0) is 14.1. The Hall–Kier alpha value is -0.0800. The van der Waals surface area contributed by atoms with Gasteiger partial charge in [0.1, 0.15) is 0 Å². The maximum atomic E-state index is 9.90. The fourth-order valence-electron chi connectivity index (χ4n) is 4.04. The molecule has 2 unspecified atom stereocenters. The molecule has 19 heavy (non-hydrogen) atoms. The Labute approximate surface area is 118 Å². The summed E-state index contributed by atoms with van der Waals surface area (Å²) in [5.41, 5.74) is 0.566. The van der Waals surface area contributed by atoms with Crippen LogP contribution in [0.4, 0.5) is 0 Å². The van der Waals surface area contributed by atoms with E-state index in [9.17, 15) is 5.11 Å². The van der Waals surface area contributed by atoms with Gasteiger partial charge in [0.15, 0.2) is 0 Å². The lowest BCUT2D eigenvalue weighted by molar-refractivity contribution is -0.0265. The van der Waals surface area contributed by atoms with Crippen LogP contribution in [-0.2, 0) is 4.74 Å². The molecule has 2 nitrogen and oxygen atoms in total. The fourth-order valence-corrected chi connectivity index (χ4v) is 4.04. The number of rotatable bonds is 3. The van der Waals surface area contributed by atoms with Crippen molar-refractivity contribution in [3.63, 3.8) is 0 Å². The van der Waals surface area contributed by atoms with Crippen molar-refractivity contribution >= 4 is 0 Å². The van der Waals surface area contributed by atoms with Crippen molar-refractivity contribution in [2.24, 2.45) is 16.7 Å². The zero-order valence-corrected chi connectivity index (χ0v) is 13.2. The van der Waals surface area contributed by atoms with E-state index in [2.05, 4.69) is 27.7 Å². The molecule has 2 heteroatoms. The predicted octanol–water partition coefficient (Wildman–Crippen LogP) is 4.16. The number of ether oxygens (including phenoxy) is 1. The lowest BCUT2D eigenvalue weighted by Crippen LogP contribution is -2.37. The molecule has 1 aliphatic carbocycles. The minimum absolute atomic E-state index is 0.149. The summed E-state index contributed by atoms with van der Waals surface area (Å²) in [4.78, 5) is 0. The van der Waals surface area contributed by atoms with Crippen LogP contribution in [0.1, 0.15) is 72.6 Å². The van der Waals surface area contributed by atoms with E-state index in [1.807, 2.05) is 0 Å². The number of aliphatic hydroxyl groups is 1. The van der Waals surface area contributed by atoms with Crippen molar-refractivity contribution in [1.82, 2.24) is 0 Å². The van der Waals surface area contributed by atoms with E-state index >= 15 is 0 Å². The van der Waals surface area contributed by atoms with Crippen LogP contribution in [0.25, 0.3) is 0 Å². The first-order valence-electron chi connectivity index (χ1n) is 8.11. The van der Waals surface area contributed by atoms with E-state index in [1.54, 1.807) is 0 Å². The van der Waals surface area contributed by atoms with E-state index in [0.29, 0.717) is 24.2 Å². The molecule has 2 atom stereocenters. The minimum atomic E-state index is 0.149. The van der Waals surface area contributed by atoms with E-state index in [0.717, 1.165) is 12.3 Å². The largest absolute Gasteiger partial charge is 0.396 e. The Kier molecular flexibility index (Phi) is 4.62. The standard InChI is InChI=1S/C17H32O2/c1-13-5-6-15(19-13)11-17(12-18)9-7-14(8-10-17)16(2,3)4/h13-15,18H,5-12H2,1-4H3. The molecule has 2 aliphatic rings. The first kappa shape index (κ1) is 15.3. The zero-order valence-electron chi connectivity index (χ0n) is 13.2. The van der Waals surface area contributed by atoms with Crippen LogP contribution < -0.4 is 0 Å². The van der Waals surface area contributed by atoms with Crippen molar-refractivity contribution in [1.29, 1.82) is 0 Å². The molecule has 0 spiro atoms. The first-order valence-corrected chi connectivity index (χ1v) is 8.11. The van der Waals surface area contributed by atoms with Gasteiger partial charge in [0.25, 0.3) is 0 Å². The molecule has 0 radical (unpaired) electrons. The molecule has 1 N–H and O–H groups in total. The van der Waals surface area contributed by atoms with Crippen LogP contribution in [0.2, 0.25) is 0 Å². The predicted molar refractivity (Wildman–Crippen MR) is 79.1 cm³/mol. The van der Waals surface area contributed by atoms with Crippen LogP contribution in [0.15, 0.2) is 0 Å². The molecule has 0 aromatic carbocycles. The van der Waals surface area contributed by atoms with Gasteiger partial charge in [-0.1, -0.05) is 20.8 Å². The third-order valence-corrected chi connectivity index (χ3v) is 5.59. The van der Waals surface area contributed by atoms with E-state index in [-0.39, 0.29) is 5.41 Å². The van der Waals surface area contributed by atoms with Gasteiger partial charge >= 0.3 is 0 Å². The summed E-state index contributed by atoms with van der Waals surface area (Å²) in [5.74, 6) is 0.815. The average molecular weight is 268 g/mol. The molecular weight excluding hydrogens is 236 g/mol. The van der Waals surface area contributed by atoms with Crippen LogP contribution >= 0.6 is 0 Å². The van der Waals surface area contributed by atoms with Gasteiger partial charge in [0, 0.05) is 6.61 Å². The van der Waals surface area contributed by atoms with Gasteiger partial charge in [0.2, 0.25) is 0 Å². The number of hydrogen-bond donors (Lipinski definition) is 1. The monoisotopic (exact) mass is 268 g/mol. The summed E-state index contributed by atoms with van der Waals surface area (Å²) in [6.45, 7) is 9.57. The lowest BCUT2D eigenvalue weighted by atomic mass is 9.62. The summed E-state index contributed by atoms with van der Waals surface area (Å²) in [7, 11) is 0. The van der Waals surface area contributed by atoms with Crippen LogP contribution in [0.5, 0.6) is 0 Å². The molecule has 2 rings (SSSR count). The van der Waals surface area contributed by atoms with Crippen molar-refractivity contribution in [3.05, 3.63) is 0 Å². The highest BCUT2D eigenvalue weighted by atomic mass is 16.5. The van der Waals surface area contributed by atoms with Crippen molar-refractivity contribution in [3.8, 4) is 0 Å². The molecule has 2 fully saturated rings.